The van der Waals surface area contributed by atoms with Gasteiger partial charge in [-0.2, -0.15) is 0 Å². The van der Waals surface area contributed by atoms with Crippen LogP contribution >= 0.6 is 11.8 Å². The maximum absolute atomic E-state index is 5.84. The van der Waals surface area contributed by atoms with Crippen molar-refractivity contribution in [1.82, 2.24) is 9.91 Å². The fraction of sp³-hybridized carbons (Fsp3) is 0.640. The maximum Gasteiger partial charge on any atom is 0.226 e. The van der Waals surface area contributed by atoms with Crippen LogP contribution in [0, 0.1) is 11.8 Å². The molecule has 9 nitrogen and oxygen atoms in total. The van der Waals surface area contributed by atoms with Crippen LogP contribution < -0.4 is 9.47 Å². The molecule has 0 saturated carbocycles. The molecule has 194 valence electrons. The first-order chi connectivity index (χ1) is 17.0. The van der Waals surface area contributed by atoms with Crippen LogP contribution in [0.5, 0.6) is 11.5 Å². The van der Waals surface area contributed by atoms with Gasteiger partial charge in [0.05, 0.1) is 52.4 Å². The molecule has 0 amide bonds. The molecule has 3 aliphatic heterocycles. The summed E-state index contributed by atoms with van der Waals surface area (Å²) in [7, 11) is 6.71. The Morgan fingerprint density at radius 2 is 1.77 bits per heavy atom. The number of nitrogens with zero attached hydrogens (tertiary/aromatic N) is 3. The lowest BCUT2D eigenvalue weighted by Gasteiger charge is -2.36. The predicted octanol–water partition coefficient (Wildman–Crippen LogP) is 3.44. The fourth-order valence-electron chi connectivity index (χ4n) is 4.87. The van der Waals surface area contributed by atoms with Crippen LogP contribution in [0.3, 0.4) is 0 Å². The van der Waals surface area contributed by atoms with E-state index in [-0.39, 0.29) is 11.4 Å². The summed E-state index contributed by atoms with van der Waals surface area (Å²) in [4.78, 5) is 2.47. The van der Waals surface area contributed by atoms with Crippen molar-refractivity contribution in [3.63, 3.8) is 0 Å². The van der Waals surface area contributed by atoms with E-state index in [4.69, 9.17) is 33.5 Å². The average molecular weight is 508 g/mol. The second-order valence-corrected chi connectivity index (χ2v) is 10.3. The molecule has 1 aromatic rings. The Bertz CT molecular complexity index is 909. The Hall–Kier alpha value is -1.98. The summed E-state index contributed by atoms with van der Waals surface area (Å²) in [5.41, 5.74) is 2.78. The van der Waals surface area contributed by atoms with Gasteiger partial charge in [-0.25, -0.2) is 5.01 Å². The van der Waals surface area contributed by atoms with E-state index in [1.165, 1.54) is 0 Å². The van der Waals surface area contributed by atoms with E-state index >= 15 is 0 Å². The Labute approximate surface area is 212 Å². The number of ether oxygens (including phenoxy) is 6. The number of rotatable bonds is 10. The van der Waals surface area contributed by atoms with Gasteiger partial charge in [0, 0.05) is 26.1 Å². The highest BCUT2D eigenvalue weighted by atomic mass is 32.2. The standard InChI is InChI=1S/C25H37N3O6S/c1-16(2)9-27(10-18-12-33-15-34-13-18)23-24(32-6)26-28-19(14-35-25(23)28)22-20(30-4)7-17(11-29-3)8-21(22)31-5/h7-8,14,16,18,23,25H,9-13,15H2,1-6H3. The molecule has 0 aliphatic carbocycles. The van der Waals surface area contributed by atoms with Crippen molar-refractivity contribution in [3.8, 4) is 11.5 Å². The molecule has 0 radical (unpaired) electrons. The predicted molar refractivity (Wildman–Crippen MR) is 136 cm³/mol. The van der Waals surface area contributed by atoms with Gasteiger partial charge in [-0.05, 0) is 29.0 Å². The van der Waals surface area contributed by atoms with Gasteiger partial charge in [-0.15, -0.1) is 16.9 Å². The Kier molecular flexibility index (Phi) is 8.82. The molecular weight excluding hydrogens is 470 g/mol. The third-order valence-corrected chi connectivity index (χ3v) is 7.33. The maximum atomic E-state index is 5.84. The molecule has 3 aliphatic rings. The number of fused-ring (bicyclic) bond motifs is 1. The zero-order valence-corrected chi connectivity index (χ0v) is 22.3. The minimum Gasteiger partial charge on any atom is -0.496 e. The Morgan fingerprint density at radius 1 is 1.09 bits per heavy atom. The third-order valence-electron chi connectivity index (χ3n) is 6.24. The molecular formula is C25H37N3O6S. The Balaban J connectivity index is 1.64. The van der Waals surface area contributed by atoms with Crippen LogP contribution in [0.2, 0.25) is 0 Å². The minimum absolute atomic E-state index is 0.00664. The second kappa shape index (κ2) is 11.8. The quantitative estimate of drug-likeness (QED) is 0.473. The van der Waals surface area contributed by atoms with Gasteiger partial charge >= 0.3 is 0 Å². The van der Waals surface area contributed by atoms with E-state index in [9.17, 15) is 0 Å². The smallest absolute Gasteiger partial charge is 0.226 e. The van der Waals surface area contributed by atoms with E-state index in [2.05, 4.69) is 24.2 Å². The van der Waals surface area contributed by atoms with Crippen LogP contribution in [0.15, 0.2) is 22.6 Å². The molecule has 1 fully saturated rings. The molecule has 1 saturated heterocycles. The van der Waals surface area contributed by atoms with E-state index in [0.717, 1.165) is 41.4 Å². The highest BCUT2D eigenvalue weighted by Crippen LogP contribution is 2.48. The first-order valence-electron chi connectivity index (χ1n) is 11.9. The minimum atomic E-state index is -0.00664. The summed E-state index contributed by atoms with van der Waals surface area (Å²) in [6.45, 7) is 8.50. The van der Waals surface area contributed by atoms with Crippen LogP contribution in [0.25, 0.3) is 5.70 Å². The molecule has 1 aromatic carbocycles. The van der Waals surface area contributed by atoms with Gasteiger partial charge in [-0.3, -0.25) is 4.90 Å². The molecule has 3 heterocycles. The van der Waals surface area contributed by atoms with Crippen molar-refractivity contribution >= 4 is 23.4 Å². The lowest BCUT2D eigenvalue weighted by molar-refractivity contribution is -0.131. The number of hydrogen-bond acceptors (Lipinski definition) is 10. The molecule has 0 aromatic heterocycles. The van der Waals surface area contributed by atoms with Crippen molar-refractivity contribution in [2.45, 2.75) is 31.9 Å². The monoisotopic (exact) mass is 507 g/mol. The van der Waals surface area contributed by atoms with Crippen LogP contribution in [-0.4, -0.2) is 88.8 Å². The van der Waals surface area contributed by atoms with E-state index in [1.54, 1.807) is 40.2 Å². The molecule has 2 unspecified atom stereocenters. The number of hydrazone groups is 1. The summed E-state index contributed by atoms with van der Waals surface area (Å²) >= 11 is 1.74. The SMILES string of the molecule is COCc1cc(OC)c(C2=CSC3C(N(CC(C)C)CC4COCOC4)C(OC)=NN23)c(OC)c1. The topological polar surface area (TPSA) is 74.2 Å². The number of benzene rings is 1. The summed E-state index contributed by atoms with van der Waals surface area (Å²) < 4.78 is 33.9. The van der Waals surface area contributed by atoms with E-state index in [0.29, 0.717) is 44.3 Å². The van der Waals surface area contributed by atoms with Crippen LogP contribution in [0.4, 0.5) is 0 Å². The van der Waals surface area contributed by atoms with Gasteiger partial charge in [0.15, 0.2) is 0 Å². The van der Waals surface area contributed by atoms with Crippen molar-refractivity contribution in [2.24, 2.45) is 16.9 Å². The number of thioether (sulfide) groups is 1. The molecule has 2 atom stereocenters. The van der Waals surface area contributed by atoms with E-state index < -0.39 is 0 Å². The molecule has 0 bridgehead atoms. The van der Waals surface area contributed by atoms with Gasteiger partial charge < -0.3 is 28.4 Å². The largest absolute Gasteiger partial charge is 0.496 e. The molecule has 35 heavy (non-hydrogen) atoms. The van der Waals surface area contributed by atoms with Gasteiger partial charge in [0.25, 0.3) is 0 Å². The van der Waals surface area contributed by atoms with Crippen LogP contribution in [0.1, 0.15) is 25.0 Å². The summed E-state index contributed by atoms with van der Waals surface area (Å²) in [6, 6.07) is 3.97. The van der Waals surface area contributed by atoms with Crippen molar-refractivity contribution < 1.29 is 28.4 Å². The highest BCUT2D eigenvalue weighted by molar-refractivity contribution is 8.03. The molecule has 10 heteroatoms. The summed E-state index contributed by atoms with van der Waals surface area (Å²) in [5, 5.41) is 9.17. The van der Waals surface area contributed by atoms with E-state index in [1.807, 2.05) is 17.1 Å². The van der Waals surface area contributed by atoms with Crippen molar-refractivity contribution in [3.05, 3.63) is 28.7 Å². The fourth-order valence-corrected chi connectivity index (χ4v) is 6.08. The lowest BCUT2D eigenvalue weighted by Crippen LogP contribution is -2.51. The summed E-state index contributed by atoms with van der Waals surface area (Å²) in [6.07, 6.45) is 0. The van der Waals surface area contributed by atoms with Gasteiger partial charge in [0.1, 0.15) is 29.7 Å². The second-order valence-electron chi connectivity index (χ2n) is 9.34. The van der Waals surface area contributed by atoms with Crippen LogP contribution in [-0.2, 0) is 25.6 Å². The third kappa shape index (κ3) is 5.56. The van der Waals surface area contributed by atoms with Gasteiger partial charge in [0.2, 0.25) is 5.90 Å². The zero-order chi connectivity index (χ0) is 24.9. The van der Waals surface area contributed by atoms with Gasteiger partial charge in [-0.1, -0.05) is 13.8 Å². The molecule has 0 spiro atoms. The Morgan fingerprint density at radius 3 is 2.34 bits per heavy atom. The lowest BCUT2D eigenvalue weighted by atomic mass is 10.0. The molecule has 0 N–H and O–H groups in total. The number of hydrogen-bond donors (Lipinski definition) is 0. The van der Waals surface area contributed by atoms with Crippen molar-refractivity contribution in [2.75, 3.05) is 61.5 Å². The van der Waals surface area contributed by atoms with Crippen molar-refractivity contribution in [1.29, 1.82) is 0 Å². The zero-order valence-electron chi connectivity index (χ0n) is 21.5. The normalized spacial score (nSPS) is 22.5. The first kappa shape index (κ1) is 26.1. The number of methoxy groups -OCH3 is 4. The average Bonchev–Trinajstić information content (AvgIpc) is 3.42. The molecule has 4 rings (SSSR count). The first-order valence-corrected chi connectivity index (χ1v) is 12.9. The summed E-state index contributed by atoms with van der Waals surface area (Å²) in [5.74, 6) is 2.94. The highest BCUT2D eigenvalue weighted by Gasteiger charge is 2.48.